The molecule has 0 aromatic rings. The summed E-state index contributed by atoms with van der Waals surface area (Å²) >= 11 is 6.21. The van der Waals surface area contributed by atoms with E-state index in [1.165, 1.54) is 5.57 Å². The van der Waals surface area contributed by atoms with Gasteiger partial charge in [-0.1, -0.05) is 6.08 Å². The molecule has 96 valence electrons. The first-order valence-electron chi connectivity index (χ1n) is 6.36. The quantitative estimate of drug-likeness (QED) is 0.783. The molecule has 3 atom stereocenters. The summed E-state index contributed by atoms with van der Waals surface area (Å²) in [4.78, 5) is 6.86. The van der Waals surface area contributed by atoms with E-state index in [0.29, 0.717) is 0 Å². The molecule has 17 heavy (non-hydrogen) atoms. The van der Waals surface area contributed by atoms with Crippen molar-refractivity contribution in [2.24, 2.45) is 4.99 Å². The Bertz CT molecular complexity index is 340. The van der Waals surface area contributed by atoms with E-state index >= 15 is 0 Å². The van der Waals surface area contributed by atoms with Gasteiger partial charge in [-0.05, 0) is 32.3 Å². The van der Waals surface area contributed by atoms with Crippen LogP contribution in [0.5, 0.6) is 0 Å². The van der Waals surface area contributed by atoms with Crippen molar-refractivity contribution < 1.29 is 5.11 Å². The molecule has 2 unspecified atom stereocenters. The lowest BCUT2D eigenvalue weighted by atomic mass is 10.0. The Balaban J connectivity index is 1.87. The fourth-order valence-corrected chi connectivity index (χ4v) is 2.68. The van der Waals surface area contributed by atoms with Crippen LogP contribution in [0, 0.1) is 0 Å². The number of rotatable bonds is 3. The maximum Gasteiger partial charge on any atom is 0.0743 e. The maximum absolute atomic E-state index is 9.46. The second kappa shape index (κ2) is 5.51. The molecule has 0 saturated carbocycles. The summed E-state index contributed by atoms with van der Waals surface area (Å²) in [5, 5.41) is 9.49. The van der Waals surface area contributed by atoms with Gasteiger partial charge in [0.15, 0.2) is 0 Å². The minimum absolute atomic E-state index is 0.0258. The summed E-state index contributed by atoms with van der Waals surface area (Å²) < 4.78 is 0. The molecule has 0 radical (unpaired) electrons. The van der Waals surface area contributed by atoms with Gasteiger partial charge in [0.05, 0.1) is 17.5 Å². The van der Waals surface area contributed by atoms with E-state index in [0.717, 1.165) is 38.2 Å². The molecule has 1 fully saturated rings. The first-order valence-corrected chi connectivity index (χ1v) is 6.80. The fraction of sp³-hybridized carbons (Fsp3) is 0.769. The number of nitrogens with zero attached hydrogens (tertiary/aromatic N) is 2. The number of halogens is 1. The predicted molar refractivity (Wildman–Crippen MR) is 72.0 cm³/mol. The molecule has 2 rings (SSSR count). The van der Waals surface area contributed by atoms with Gasteiger partial charge in [0, 0.05) is 25.3 Å². The van der Waals surface area contributed by atoms with Crippen molar-refractivity contribution in [1.82, 2.24) is 4.90 Å². The van der Waals surface area contributed by atoms with Crippen molar-refractivity contribution in [3.8, 4) is 0 Å². The van der Waals surface area contributed by atoms with Gasteiger partial charge in [-0.3, -0.25) is 4.99 Å². The average Bonchev–Trinajstić information content (AvgIpc) is 2.68. The Morgan fingerprint density at radius 2 is 2.35 bits per heavy atom. The average molecular weight is 257 g/mol. The summed E-state index contributed by atoms with van der Waals surface area (Å²) in [5.74, 6) is 0. The van der Waals surface area contributed by atoms with Gasteiger partial charge in [-0.2, -0.15) is 0 Å². The number of aliphatic hydroxyl groups is 1. The zero-order valence-corrected chi connectivity index (χ0v) is 11.3. The van der Waals surface area contributed by atoms with Crippen LogP contribution < -0.4 is 0 Å². The molecular formula is C13H21ClN2O. The third-order valence-electron chi connectivity index (χ3n) is 3.63. The molecule has 4 heteroatoms. The minimum atomic E-state index is -0.133. The molecule has 0 aromatic heterocycles. The topological polar surface area (TPSA) is 35.8 Å². The number of aliphatic imine (C=N–C) groups is 1. The molecule has 0 aliphatic carbocycles. The summed E-state index contributed by atoms with van der Waals surface area (Å²) in [7, 11) is 0. The van der Waals surface area contributed by atoms with E-state index in [1.807, 2.05) is 6.92 Å². The second-order valence-electron chi connectivity index (χ2n) is 5.08. The number of hydrogen-bond acceptors (Lipinski definition) is 3. The number of hydrogen-bond donors (Lipinski definition) is 1. The lowest BCUT2D eigenvalue weighted by molar-refractivity contribution is 0.177. The number of likely N-dealkylation sites (tertiary alicyclic amines) is 1. The third-order valence-corrected chi connectivity index (χ3v) is 4.12. The van der Waals surface area contributed by atoms with Gasteiger partial charge in [-0.15, -0.1) is 11.6 Å². The molecule has 0 bridgehead atoms. The SMILES string of the molecule is CC1=NC(C)C(Cl)C=C1CCN1CC[C@H](O)C1. The zero-order chi connectivity index (χ0) is 12.4. The van der Waals surface area contributed by atoms with Crippen LogP contribution in [0.15, 0.2) is 16.6 Å². The van der Waals surface area contributed by atoms with Crippen LogP contribution in [-0.4, -0.2) is 52.9 Å². The van der Waals surface area contributed by atoms with Crippen molar-refractivity contribution >= 4 is 17.3 Å². The highest BCUT2D eigenvalue weighted by atomic mass is 35.5. The Kier molecular flexibility index (Phi) is 4.23. The summed E-state index contributed by atoms with van der Waals surface area (Å²) in [5.41, 5.74) is 2.39. The van der Waals surface area contributed by atoms with E-state index in [1.54, 1.807) is 0 Å². The lowest BCUT2D eigenvalue weighted by Crippen LogP contribution is -2.26. The van der Waals surface area contributed by atoms with Gasteiger partial charge in [0.25, 0.3) is 0 Å². The molecule has 1 N–H and O–H groups in total. The molecule has 0 amide bonds. The van der Waals surface area contributed by atoms with Gasteiger partial charge < -0.3 is 10.0 Å². The zero-order valence-electron chi connectivity index (χ0n) is 10.6. The molecule has 1 saturated heterocycles. The normalized spacial score (nSPS) is 34.7. The first kappa shape index (κ1) is 13.1. The Morgan fingerprint density at radius 1 is 1.59 bits per heavy atom. The van der Waals surface area contributed by atoms with Crippen LogP contribution in [0.1, 0.15) is 26.7 Å². The number of dihydropyridines is 1. The Hall–Kier alpha value is -0.380. The smallest absolute Gasteiger partial charge is 0.0743 e. The van der Waals surface area contributed by atoms with E-state index in [-0.39, 0.29) is 17.5 Å². The predicted octanol–water partition coefficient (Wildman–Crippen LogP) is 1.84. The van der Waals surface area contributed by atoms with Crippen LogP contribution in [-0.2, 0) is 0 Å². The Morgan fingerprint density at radius 3 is 3.00 bits per heavy atom. The van der Waals surface area contributed by atoms with Gasteiger partial charge in [-0.25, -0.2) is 0 Å². The van der Waals surface area contributed by atoms with Crippen LogP contribution in [0.4, 0.5) is 0 Å². The second-order valence-corrected chi connectivity index (χ2v) is 5.59. The molecule has 2 aliphatic heterocycles. The molecule has 0 spiro atoms. The molecule has 3 nitrogen and oxygen atoms in total. The summed E-state index contributed by atoms with van der Waals surface area (Å²) in [6, 6.07) is 0.189. The minimum Gasteiger partial charge on any atom is -0.392 e. The van der Waals surface area contributed by atoms with E-state index in [2.05, 4.69) is 22.9 Å². The highest BCUT2D eigenvalue weighted by Gasteiger charge is 2.22. The largest absolute Gasteiger partial charge is 0.392 e. The van der Waals surface area contributed by atoms with Crippen LogP contribution in [0.2, 0.25) is 0 Å². The van der Waals surface area contributed by atoms with Crippen molar-refractivity contribution in [3.05, 3.63) is 11.6 Å². The molecular weight excluding hydrogens is 236 g/mol. The van der Waals surface area contributed by atoms with Crippen molar-refractivity contribution in [3.63, 3.8) is 0 Å². The summed E-state index contributed by atoms with van der Waals surface area (Å²) in [6.45, 7) is 6.92. The number of aliphatic hydroxyl groups excluding tert-OH is 1. The first-order chi connectivity index (χ1) is 8.06. The fourth-order valence-electron chi connectivity index (χ4n) is 2.47. The van der Waals surface area contributed by atoms with Gasteiger partial charge in [0.2, 0.25) is 0 Å². The highest BCUT2D eigenvalue weighted by Crippen LogP contribution is 2.21. The van der Waals surface area contributed by atoms with E-state index in [4.69, 9.17) is 11.6 Å². The molecule has 0 aromatic carbocycles. The van der Waals surface area contributed by atoms with Crippen molar-refractivity contribution in [2.75, 3.05) is 19.6 Å². The number of alkyl halides is 1. The Labute approximate surface area is 108 Å². The summed E-state index contributed by atoms with van der Waals surface area (Å²) in [6.07, 6.45) is 3.89. The van der Waals surface area contributed by atoms with Crippen LogP contribution in [0.3, 0.4) is 0 Å². The molecule has 2 aliphatic rings. The van der Waals surface area contributed by atoms with Crippen LogP contribution >= 0.6 is 11.6 Å². The maximum atomic E-state index is 9.46. The monoisotopic (exact) mass is 256 g/mol. The van der Waals surface area contributed by atoms with E-state index in [9.17, 15) is 5.11 Å². The van der Waals surface area contributed by atoms with Gasteiger partial charge >= 0.3 is 0 Å². The van der Waals surface area contributed by atoms with Crippen molar-refractivity contribution in [1.29, 1.82) is 0 Å². The highest BCUT2D eigenvalue weighted by molar-refractivity contribution is 6.23. The third kappa shape index (κ3) is 3.30. The standard InChI is InChI=1S/C13H21ClN2O/c1-9-11(7-13(14)10(2)15-9)3-5-16-6-4-12(17)8-16/h7,10,12-13,17H,3-6,8H2,1-2H3/t10?,12-,13?/m0/s1. The van der Waals surface area contributed by atoms with E-state index < -0.39 is 0 Å². The number of β-amino-alcohol motifs (C(OH)–C–C–N with tert-alkyl or cyclic N) is 1. The lowest BCUT2D eigenvalue weighted by Gasteiger charge is -2.22. The van der Waals surface area contributed by atoms with Crippen LogP contribution in [0.25, 0.3) is 0 Å². The van der Waals surface area contributed by atoms with Crippen molar-refractivity contribution in [2.45, 2.75) is 44.2 Å². The van der Waals surface area contributed by atoms with Gasteiger partial charge in [0.1, 0.15) is 0 Å². The molecule has 2 heterocycles.